The zero-order valence-electron chi connectivity index (χ0n) is 22.8. The predicted octanol–water partition coefficient (Wildman–Crippen LogP) is 2.84. The summed E-state index contributed by atoms with van der Waals surface area (Å²) in [6, 6.07) is 7.70. The van der Waals surface area contributed by atoms with Crippen molar-refractivity contribution >= 4 is 26.2 Å². The van der Waals surface area contributed by atoms with E-state index in [2.05, 4.69) is 44.3 Å². The van der Waals surface area contributed by atoms with Gasteiger partial charge in [0.15, 0.2) is 14.4 Å². The summed E-state index contributed by atoms with van der Waals surface area (Å²) in [5, 5.41) is 1.32. The lowest BCUT2D eigenvalue weighted by atomic mass is 9.96. The molecule has 1 aromatic carbocycles. The van der Waals surface area contributed by atoms with Gasteiger partial charge in [-0.2, -0.15) is 9.55 Å². The fourth-order valence-corrected chi connectivity index (χ4v) is 5.83. The average molecular weight is 544 g/mol. The number of rotatable bonds is 9. The first-order chi connectivity index (χ1) is 17.9. The molecule has 1 unspecified atom stereocenters. The monoisotopic (exact) mass is 543 g/mol. The lowest BCUT2D eigenvalue weighted by Gasteiger charge is -2.37. The van der Waals surface area contributed by atoms with Crippen LogP contribution in [-0.2, 0) is 38.6 Å². The Bertz CT molecular complexity index is 1180. The molecular formula is C26H39N6O5Si+. The minimum atomic E-state index is -2.05. The third-order valence-corrected chi connectivity index (χ3v) is 12.7. The summed E-state index contributed by atoms with van der Waals surface area (Å²) < 4.78 is 7.35. The van der Waals surface area contributed by atoms with Crippen molar-refractivity contribution in [3.63, 3.8) is 0 Å². The van der Waals surface area contributed by atoms with Gasteiger partial charge in [-0.25, -0.2) is 20.4 Å². The number of imide groups is 1. The summed E-state index contributed by atoms with van der Waals surface area (Å²) in [5.74, 6) is 5.12. The van der Waals surface area contributed by atoms with E-state index in [1.807, 2.05) is 30.3 Å². The quantitative estimate of drug-likeness (QED) is 0.164. The molecule has 3 heterocycles. The number of nitrogens with zero attached hydrogens (tertiary/aromatic N) is 4. The Morgan fingerprint density at radius 1 is 1.18 bits per heavy atom. The molecule has 2 fully saturated rings. The van der Waals surface area contributed by atoms with E-state index in [0.717, 1.165) is 5.56 Å². The molecule has 2 bridgehead atoms. The fraction of sp³-hybridized carbons (Fsp3) is 0.538. The molecule has 4 amide bonds. The predicted molar refractivity (Wildman–Crippen MR) is 142 cm³/mol. The Hall–Kier alpha value is -2.90. The molecule has 12 heteroatoms. The van der Waals surface area contributed by atoms with Gasteiger partial charge in [0, 0.05) is 18.8 Å². The van der Waals surface area contributed by atoms with Crippen LogP contribution in [0.5, 0.6) is 0 Å². The number of hydrogen-bond acceptors (Lipinski definition) is 7. The maximum atomic E-state index is 14.0. The van der Waals surface area contributed by atoms with Crippen LogP contribution in [0.15, 0.2) is 42.7 Å². The molecule has 4 rings (SSSR count). The van der Waals surface area contributed by atoms with E-state index >= 15 is 0 Å². The largest absolute Gasteiger partial charge is 0.451 e. The van der Waals surface area contributed by atoms with Crippen LogP contribution >= 0.6 is 0 Å². The lowest BCUT2D eigenvalue weighted by Crippen LogP contribution is -2.67. The Morgan fingerprint density at radius 2 is 1.89 bits per heavy atom. The number of benzene rings is 1. The Labute approximate surface area is 224 Å². The third-order valence-electron chi connectivity index (χ3n) is 8.24. The zero-order valence-corrected chi connectivity index (χ0v) is 23.8. The highest BCUT2D eigenvalue weighted by Gasteiger charge is 2.66. The maximum absolute atomic E-state index is 14.0. The van der Waals surface area contributed by atoms with Crippen LogP contribution in [0.25, 0.3) is 0 Å². The summed E-state index contributed by atoms with van der Waals surface area (Å²) in [6.45, 7) is 11.2. The van der Waals surface area contributed by atoms with Gasteiger partial charge in [0.2, 0.25) is 0 Å². The van der Waals surface area contributed by atoms with Crippen LogP contribution in [-0.4, -0.2) is 63.9 Å². The van der Waals surface area contributed by atoms with Crippen molar-refractivity contribution in [2.75, 3.05) is 6.54 Å². The van der Waals surface area contributed by atoms with Crippen molar-refractivity contribution < 1.29 is 28.1 Å². The van der Waals surface area contributed by atoms with Crippen LogP contribution in [0.3, 0.4) is 0 Å². The van der Waals surface area contributed by atoms with E-state index < -0.39 is 36.7 Å². The number of carbonyl (C=O) groups is 3. The molecule has 2 saturated heterocycles. The van der Waals surface area contributed by atoms with Crippen LogP contribution < -0.4 is 11.3 Å². The van der Waals surface area contributed by atoms with Gasteiger partial charge in [0.25, 0.3) is 5.91 Å². The highest BCUT2D eigenvalue weighted by atomic mass is 28.4. The van der Waals surface area contributed by atoms with Gasteiger partial charge in [-0.3, -0.25) is 15.1 Å². The van der Waals surface area contributed by atoms with E-state index in [9.17, 15) is 14.4 Å². The number of hydrazine groups is 1. The summed E-state index contributed by atoms with van der Waals surface area (Å²) in [5.41, 5.74) is 3.06. The SMILES string of the molecule is CC(C)(C)[Si](C)(C)OCc1nccn1CC(=O)[N+]12C[C@@H](CC[C@H]1C(=O)NN)N(OCc1ccccc1)C2=O. The van der Waals surface area contributed by atoms with E-state index in [-0.39, 0.29) is 37.4 Å². The highest BCUT2D eigenvalue weighted by Crippen LogP contribution is 2.39. The molecule has 2 aromatic rings. The second-order valence-electron chi connectivity index (χ2n) is 11.6. The summed E-state index contributed by atoms with van der Waals surface area (Å²) in [6.07, 6.45) is 4.18. The van der Waals surface area contributed by atoms with Crippen molar-refractivity contribution in [2.24, 2.45) is 5.84 Å². The highest BCUT2D eigenvalue weighted by molar-refractivity contribution is 6.74. The van der Waals surface area contributed by atoms with Gasteiger partial charge in [-0.15, -0.1) is 0 Å². The number of amides is 4. The standard InChI is InChI=1S/C26H38N6O5Si/c1-26(2,3)38(4,5)37-18-22-28-13-14-30(22)15-23(33)32-16-20(11-12-21(32)24(34)29-27)31(25(32)35)36-17-19-9-7-6-8-10-19/h6-10,13-14,20-21H,11-12,15-18,27H2,1-5H3/p+1/t20-,21+,32?/m1/s1. The molecule has 1 aromatic heterocycles. The van der Waals surface area contributed by atoms with Crippen molar-refractivity contribution in [2.45, 2.75) is 83.6 Å². The third kappa shape index (κ3) is 5.18. The van der Waals surface area contributed by atoms with E-state index in [1.54, 1.807) is 17.0 Å². The molecule has 3 N–H and O–H groups in total. The number of fused-ring (bicyclic) bond motifs is 2. The van der Waals surface area contributed by atoms with Crippen LogP contribution in [0, 0.1) is 0 Å². The summed E-state index contributed by atoms with van der Waals surface area (Å²) in [4.78, 5) is 51.0. The number of nitrogens with one attached hydrogen (secondary N) is 1. The van der Waals surface area contributed by atoms with E-state index in [4.69, 9.17) is 15.1 Å². The van der Waals surface area contributed by atoms with Gasteiger partial charge >= 0.3 is 11.9 Å². The zero-order chi connectivity index (χ0) is 27.7. The summed E-state index contributed by atoms with van der Waals surface area (Å²) in [7, 11) is -2.05. The normalized spacial score (nSPS) is 23.5. The topological polar surface area (TPSA) is 129 Å². The molecule has 206 valence electrons. The summed E-state index contributed by atoms with van der Waals surface area (Å²) >= 11 is 0. The Morgan fingerprint density at radius 3 is 2.55 bits per heavy atom. The molecule has 0 spiro atoms. The number of urea groups is 1. The number of quaternary nitrogens is 1. The van der Waals surface area contributed by atoms with Gasteiger partial charge in [-0.05, 0) is 30.1 Å². The average Bonchev–Trinajstić information content (AvgIpc) is 3.41. The van der Waals surface area contributed by atoms with Crippen molar-refractivity contribution in [1.29, 1.82) is 0 Å². The molecule has 0 radical (unpaired) electrons. The fourth-order valence-electron chi connectivity index (χ4n) is 4.90. The maximum Gasteiger partial charge on any atom is 0.451 e. The minimum absolute atomic E-state index is 0.0233. The minimum Gasteiger partial charge on any atom is -0.409 e. The molecule has 38 heavy (non-hydrogen) atoms. The van der Waals surface area contributed by atoms with Crippen LogP contribution in [0.2, 0.25) is 18.1 Å². The Kier molecular flexibility index (Phi) is 7.91. The number of hydroxylamine groups is 2. The van der Waals surface area contributed by atoms with Crippen molar-refractivity contribution in [1.82, 2.24) is 20.0 Å². The number of imidazole rings is 1. The Balaban J connectivity index is 1.56. The second kappa shape index (κ2) is 10.7. The first kappa shape index (κ1) is 28.1. The lowest BCUT2D eigenvalue weighted by molar-refractivity contribution is -0.789. The number of piperidine rings is 1. The molecule has 2 aliphatic heterocycles. The van der Waals surface area contributed by atoms with E-state index in [0.29, 0.717) is 18.7 Å². The number of carbonyl (C=O) groups excluding carboxylic acids is 3. The first-order valence-corrected chi connectivity index (χ1v) is 15.9. The number of nitrogens with two attached hydrogens (primary N) is 1. The van der Waals surface area contributed by atoms with Crippen molar-refractivity contribution in [3.8, 4) is 0 Å². The number of hydrogen-bond donors (Lipinski definition) is 2. The smallest absolute Gasteiger partial charge is 0.409 e. The molecule has 0 saturated carbocycles. The van der Waals surface area contributed by atoms with E-state index in [1.165, 1.54) is 5.06 Å². The van der Waals surface area contributed by atoms with Crippen LogP contribution in [0.1, 0.15) is 45.0 Å². The molecular weight excluding hydrogens is 504 g/mol. The molecule has 0 aliphatic carbocycles. The molecule has 2 aliphatic rings. The van der Waals surface area contributed by atoms with Gasteiger partial charge < -0.3 is 8.99 Å². The molecule has 11 nitrogen and oxygen atoms in total. The molecule has 3 atom stereocenters. The van der Waals surface area contributed by atoms with Gasteiger partial charge in [-0.1, -0.05) is 51.1 Å². The van der Waals surface area contributed by atoms with Crippen molar-refractivity contribution in [3.05, 3.63) is 54.1 Å². The van der Waals surface area contributed by atoms with Gasteiger partial charge in [0.05, 0.1) is 6.61 Å². The van der Waals surface area contributed by atoms with Crippen LogP contribution in [0.4, 0.5) is 4.79 Å². The first-order valence-electron chi connectivity index (χ1n) is 13.0. The number of aromatic nitrogens is 2. The van der Waals surface area contributed by atoms with Gasteiger partial charge in [0.1, 0.15) is 31.6 Å². The second-order valence-corrected chi connectivity index (χ2v) is 16.4.